The Balaban J connectivity index is 2.19. The van der Waals surface area contributed by atoms with Gasteiger partial charge in [0.1, 0.15) is 6.10 Å². The van der Waals surface area contributed by atoms with E-state index in [0.717, 1.165) is 38.5 Å². The zero-order valence-corrected chi connectivity index (χ0v) is 20.4. The van der Waals surface area contributed by atoms with Crippen molar-refractivity contribution in [2.45, 2.75) is 123 Å². The van der Waals surface area contributed by atoms with Crippen molar-refractivity contribution in [3.05, 3.63) is 32.6 Å². The van der Waals surface area contributed by atoms with Gasteiger partial charge in [-0.15, -0.1) is 0 Å². The van der Waals surface area contributed by atoms with Gasteiger partial charge in [-0.1, -0.05) is 78.1 Å². The van der Waals surface area contributed by atoms with E-state index in [1.807, 2.05) is 0 Å². The van der Waals surface area contributed by atoms with Crippen LogP contribution < -0.4 is 11.2 Å². The third-order valence-corrected chi connectivity index (χ3v) is 6.66. The molecule has 1 N–H and O–H groups in total. The van der Waals surface area contributed by atoms with E-state index in [9.17, 15) is 19.5 Å². The highest BCUT2D eigenvalue weighted by atomic mass is 16.3. The van der Waals surface area contributed by atoms with E-state index >= 15 is 0 Å². The summed E-state index contributed by atoms with van der Waals surface area (Å²) in [7, 11) is 1.61. The number of hydrogen-bond acceptors (Lipinski definition) is 4. The lowest BCUT2D eigenvalue weighted by Gasteiger charge is -2.21. The molecular weight excluding hydrogens is 406 g/mol. The van der Waals surface area contributed by atoms with Crippen LogP contribution in [-0.2, 0) is 17.9 Å². The van der Waals surface area contributed by atoms with Crippen LogP contribution in [0.2, 0.25) is 0 Å². The Kier molecular flexibility index (Phi) is 11.2. The fourth-order valence-corrected chi connectivity index (χ4v) is 4.57. The first-order valence-corrected chi connectivity index (χ1v) is 12.7. The van der Waals surface area contributed by atoms with E-state index < -0.39 is 12.1 Å². The minimum absolute atomic E-state index is 0.191. The Labute approximate surface area is 192 Å². The third kappa shape index (κ3) is 7.06. The molecule has 1 saturated heterocycles. The fraction of sp³-hybridized carbons (Fsp3) is 0.800. The summed E-state index contributed by atoms with van der Waals surface area (Å²) >= 11 is 0. The SMILES string of the molecule is CCCCCCCCn1cc([C@@H]2C[C@H](O)C(=O)N2C)c(=O)n(CCCCCCCC)c1=O. The molecule has 0 saturated carbocycles. The van der Waals surface area contributed by atoms with Crippen LogP contribution in [-0.4, -0.2) is 38.2 Å². The highest BCUT2D eigenvalue weighted by Gasteiger charge is 2.38. The molecule has 1 aliphatic heterocycles. The molecule has 1 amide bonds. The van der Waals surface area contributed by atoms with Gasteiger partial charge in [0, 0.05) is 32.8 Å². The summed E-state index contributed by atoms with van der Waals surface area (Å²) in [5, 5.41) is 10.0. The third-order valence-electron chi connectivity index (χ3n) is 6.66. The molecule has 1 aromatic heterocycles. The largest absolute Gasteiger partial charge is 0.383 e. The number of likely N-dealkylation sites (N-methyl/N-ethyl adjacent to an activating group) is 1. The van der Waals surface area contributed by atoms with Gasteiger partial charge in [-0.05, 0) is 12.8 Å². The first kappa shape index (κ1) is 26.4. The minimum atomic E-state index is -1.09. The Hall–Kier alpha value is -1.89. The number of rotatable bonds is 15. The Bertz CT molecular complexity index is 829. The van der Waals surface area contributed by atoms with Crippen LogP contribution >= 0.6 is 0 Å². The molecule has 182 valence electrons. The van der Waals surface area contributed by atoms with Gasteiger partial charge in [0.2, 0.25) is 0 Å². The second kappa shape index (κ2) is 13.6. The van der Waals surface area contributed by atoms with Gasteiger partial charge < -0.3 is 14.6 Å². The van der Waals surface area contributed by atoms with Crippen molar-refractivity contribution in [1.82, 2.24) is 14.0 Å². The van der Waals surface area contributed by atoms with Crippen LogP contribution in [0.25, 0.3) is 0 Å². The van der Waals surface area contributed by atoms with E-state index in [4.69, 9.17) is 0 Å². The second-order valence-electron chi connectivity index (χ2n) is 9.27. The molecule has 0 bridgehead atoms. The Morgan fingerprint density at radius 1 is 0.844 bits per heavy atom. The molecule has 0 unspecified atom stereocenters. The molecule has 32 heavy (non-hydrogen) atoms. The standard InChI is InChI=1S/C25H43N3O4/c1-4-6-8-10-12-14-16-27-19-20(21-18-22(29)24(31)26(21)3)23(30)28(25(27)32)17-15-13-11-9-7-5-2/h19,21-22,29H,4-18H2,1-3H3/t21-,22-/m0/s1. The highest BCUT2D eigenvalue weighted by molar-refractivity contribution is 5.83. The number of nitrogens with zero attached hydrogens (tertiary/aromatic N) is 3. The van der Waals surface area contributed by atoms with Crippen molar-refractivity contribution in [2.24, 2.45) is 0 Å². The summed E-state index contributed by atoms with van der Waals surface area (Å²) in [4.78, 5) is 39.9. The van der Waals surface area contributed by atoms with Crippen molar-refractivity contribution >= 4 is 5.91 Å². The molecule has 1 aliphatic rings. The van der Waals surface area contributed by atoms with Gasteiger partial charge in [0.15, 0.2) is 0 Å². The smallest absolute Gasteiger partial charge is 0.330 e. The van der Waals surface area contributed by atoms with Crippen molar-refractivity contribution in [3.8, 4) is 0 Å². The number of unbranched alkanes of at least 4 members (excludes halogenated alkanes) is 10. The molecule has 2 atom stereocenters. The van der Waals surface area contributed by atoms with Crippen LogP contribution in [0.5, 0.6) is 0 Å². The summed E-state index contributed by atoms with van der Waals surface area (Å²) in [6, 6.07) is -0.489. The molecule has 7 nitrogen and oxygen atoms in total. The lowest BCUT2D eigenvalue weighted by atomic mass is 10.1. The average Bonchev–Trinajstić information content (AvgIpc) is 3.03. The van der Waals surface area contributed by atoms with Crippen molar-refractivity contribution in [2.75, 3.05) is 7.05 Å². The van der Waals surface area contributed by atoms with Gasteiger partial charge in [0.05, 0.1) is 11.6 Å². The lowest BCUT2D eigenvalue weighted by Crippen LogP contribution is -2.43. The van der Waals surface area contributed by atoms with Crippen LogP contribution in [0.4, 0.5) is 0 Å². The number of aliphatic hydroxyl groups excluding tert-OH is 1. The van der Waals surface area contributed by atoms with E-state index in [-0.39, 0.29) is 23.6 Å². The van der Waals surface area contributed by atoms with Crippen LogP contribution in [0, 0.1) is 0 Å². The fourth-order valence-electron chi connectivity index (χ4n) is 4.57. The number of aromatic nitrogens is 2. The molecule has 1 fully saturated rings. The Morgan fingerprint density at radius 2 is 1.38 bits per heavy atom. The van der Waals surface area contributed by atoms with Crippen molar-refractivity contribution in [3.63, 3.8) is 0 Å². The summed E-state index contributed by atoms with van der Waals surface area (Å²) in [5.74, 6) is -0.370. The first-order valence-electron chi connectivity index (χ1n) is 12.7. The van der Waals surface area contributed by atoms with Crippen LogP contribution in [0.15, 0.2) is 15.8 Å². The Morgan fingerprint density at radius 3 is 1.91 bits per heavy atom. The monoisotopic (exact) mass is 449 g/mol. The quantitative estimate of drug-likeness (QED) is 0.410. The molecule has 0 aromatic carbocycles. The number of aliphatic hydroxyl groups is 1. The molecular formula is C25H43N3O4. The number of hydrogen-bond donors (Lipinski definition) is 1. The van der Waals surface area contributed by atoms with E-state index in [1.54, 1.807) is 17.8 Å². The maximum absolute atomic E-state index is 13.2. The minimum Gasteiger partial charge on any atom is -0.383 e. The van der Waals surface area contributed by atoms with E-state index in [1.165, 1.54) is 48.0 Å². The maximum Gasteiger partial charge on any atom is 0.330 e. The normalized spacial score (nSPS) is 18.6. The molecule has 0 radical (unpaired) electrons. The van der Waals surface area contributed by atoms with Gasteiger partial charge in [-0.3, -0.25) is 14.2 Å². The van der Waals surface area contributed by atoms with Crippen molar-refractivity contribution in [1.29, 1.82) is 0 Å². The molecule has 2 heterocycles. The van der Waals surface area contributed by atoms with E-state index in [2.05, 4.69) is 13.8 Å². The number of aryl methyl sites for hydroxylation is 1. The summed E-state index contributed by atoms with van der Waals surface area (Å²) in [6.45, 7) is 5.34. The number of carbonyl (C=O) groups is 1. The first-order chi connectivity index (χ1) is 15.4. The zero-order valence-electron chi connectivity index (χ0n) is 20.4. The van der Waals surface area contributed by atoms with Crippen molar-refractivity contribution < 1.29 is 9.90 Å². The maximum atomic E-state index is 13.2. The summed E-state index contributed by atoms with van der Waals surface area (Å²) in [5.41, 5.74) is -0.135. The molecule has 1 aromatic rings. The number of likely N-dealkylation sites (tertiary alicyclic amines) is 1. The molecule has 0 aliphatic carbocycles. The predicted octanol–water partition coefficient (Wildman–Crippen LogP) is 4.00. The second-order valence-corrected chi connectivity index (χ2v) is 9.27. The summed E-state index contributed by atoms with van der Waals surface area (Å²) in [6.07, 6.45) is 14.0. The van der Waals surface area contributed by atoms with Gasteiger partial charge >= 0.3 is 5.69 Å². The lowest BCUT2D eigenvalue weighted by molar-refractivity contribution is -0.134. The van der Waals surface area contributed by atoms with Gasteiger partial charge in [-0.25, -0.2) is 4.79 Å². The predicted molar refractivity (Wildman–Crippen MR) is 128 cm³/mol. The molecule has 7 heteroatoms. The topological polar surface area (TPSA) is 84.5 Å². The highest BCUT2D eigenvalue weighted by Crippen LogP contribution is 2.29. The number of amides is 1. The van der Waals surface area contributed by atoms with Gasteiger partial charge in [0.25, 0.3) is 11.5 Å². The van der Waals surface area contributed by atoms with Crippen LogP contribution in [0.1, 0.15) is 109 Å². The summed E-state index contributed by atoms with van der Waals surface area (Å²) < 4.78 is 3.01. The van der Waals surface area contributed by atoms with Gasteiger partial charge in [-0.2, -0.15) is 0 Å². The van der Waals surface area contributed by atoms with E-state index in [0.29, 0.717) is 18.7 Å². The molecule has 2 rings (SSSR count). The molecule has 0 spiro atoms. The zero-order chi connectivity index (χ0) is 23.5. The average molecular weight is 450 g/mol. The number of carbonyl (C=O) groups excluding carboxylic acids is 1. The van der Waals surface area contributed by atoms with Crippen LogP contribution in [0.3, 0.4) is 0 Å².